The second-order valence-corrected chi connectivity index (χ2v) is 7.83. The maximum atomic E-state index is 11.9. The monoisotopic (exact) mass is 392 g/mol. The highest BCUT2D eigenvalue weighted by Gasteiger charge is 2.35. The summed E-state index contributed by atoms with van der Waals surface area (Å²) < 4.78 is 0. The standard InChI is InChI=1S/C21H24N6O2/c1-12(2)19(21(28)29)17(20-24-26-27-25-20)7-13-3-6-18(23-9-13)14-4-5-15-10-22-11-16(15)8-14/h3-6,8-9,12,17,19,22H,7,10-11H2,1-2H3,(H,28,29)(H,24,25,26,27)/t17-,19?/m0/s1. The highest BCUT2D eigenvalue weighted by molar-refractivity contribution is 5.71. The number of tetrazole rings is 1. The van der Waals surface area contributed by atoms with Crippen LogP contribution in [0.4, 0.5) is 0 Å². The molecule has 150 valence electrons. The average Bonchev–Trinajstić information content (AvgIpc) is 3.38. The van der Waals surface area contributed by atoms with Crippen molar-refractivity contribution in [1.82, 2.24) is 30.9 Å². The summed E-state index contributed by atoms with van der Waals surface area (Å²) >= 11 is 0. The number of fused-ring (bicyclic) bond motifs is 1. The van der Waals surface area contributed by atoms with Gasteiger partial charge in [-0.3, -0.25) is 9.78 Å². The first-order valence-electron chi connectivity index (χ1n) is 9.77. The van der Waals surface area contributed by atoms with Gasteiger partial charge < -0.3 is 10.4 Å². The van der Waals surface area contributed by atoms with Gasteiger partial charge in [-0.25, -0.2) is 0 Å². The van der Waals surface area contributed by atoms with E-state index in [0.29, 0.717) is 12.2 Å². The average molecular weight is 392 g/mol. The molecule has 0 amide bonds. The Morgan fingerprint density at radius 3 is 2.66 bits per heavy atom. The summed E-state index contributed by atoms with van der Waals surface area (Å²) in [6.07, 6.45) is 2.29. The SMILES string of the molecule is CC(C)C(C(=O)O)[C@H](Cc1ccc(-c2ccc3c(c2)CNC3)nc1)c1nn[nH]n1. The Morgan fingerprint density at radius 1 is 1.17 bits per heavy atom. The maximum Gasteiger partial charge on any atom is 0.307 e. The molecule has 4 rings (SSSR count). The molecule has 1 aliphatic rings. The van der Waals surface area contributed by atoms with Gasteiger partial charge in [0.05, 0.1) is 11.6 Å². The molecule has 2 atom stereocenters. The summed E-state index contributed by atoms with van der Waals surface area (Å²) in [4.78, 5) is 16.5. The minimum atomic E-state index is -0.855. The molecule has 3 aromatic rings. The number of rotatable bonds is 7. The van der Waals surface area contributed by atoms with E-state index in [1.165, 1.54) is 11.1 Å². The first kappa shape index (κ1) is 19.2. The molecular formula is C21H24N6O2. The zero-order valence-electron chi connectivity index (χ0n) is 16.5. The molecule has 1 aliphatic heterocycles. The van der Waals surface area contributed by atoms with Crippen molar-refractivity contribution in [2.45, 2.75) is 39.3 Å². The Balaban J connectivity index is 1.58. The first-order chi connectivity index (χ1) is 14.0. The molecule has 0 bridgehead atoms. The lowest BCUT2D eigenvalue weighted by Gasteiger charge is -2.24. The fourth-order valence-electron chi connectivity index (χ4n) is 4.05. The van der Waals surface area contributed by atoms with Crippen molar-refractivity contribution in [3.63, 3.8) is 0 Å². The predicted molar refractivity (Wildman–Crippen MR) is 107 cm³/mol. The second-order valence-electron chi connectivity index (χ2n) is 7.83. The van der Waals surface area contributed by atoms with E-state index < -0.39 is 11.9 Å². The van der Waals surface area contributed by atoms with Gasteiger partial charge in [-0.05, 0) is 41.2 Å². The van der Waals surface area contributed by atoms with Gasteiger partial charge in [0, 0.05) is 30.8 Å². The number of carbonyl (C=O) groups is 1. The summed E-state index contributed by atoms with van der Waals surface area (Å²) in [5.41, 5.74) is 5.57. The number of H-pyrrole nitrogens is 1. The molecule has 8 nitrogen and oxygen atoms in total. The number of hydrogen-bond donors (Lipinski definition) is 3. The number of hydrogen-bond acceptors (Lipinski definition) is 6. The zero-order chi connectivity index (χ0) is 20.4. The lowest BCUT2D eigenvalue weighted by molar-refractivity contribution is -0.144. The minimum Gasteiger partial charge on any atom is -0.481 e. The molecule has 8 heteroatoms. The van der Waals surface area contributed by atoms with Crippen molar-refractivity contribution in [3.05, 3.63) is 59.0 Å². The number of carboxylic acids is 1. The Bertz CT molecular complexity index is 985. The molecule has 0 saturated carbocycles. The van der Waals surface area contributed by atoms with Crippen LogP contribution in [0.3, 0.4) is 0 Å². The van der Waals surface area contributed by atoms with Gasteiger partial charge in [0.1, 0.15) is 0 Å². The molecule has 1 unspecified atom stereocenters. The topological polar surface area (TPSA) is 117 Å². The van der Waals surface area contributed by atoms with Crippen LogP contribution in [0.2, 0.25) is 0 Å². The number of carboxylic acid groups (broad SMARTS) is 1. The van der Waals surface area contributed by atoms with E-state index in [1.54, 1.807) is 0 Å². The second kappa shape index (κ2) is 8.08. The third kappa shape index (κ3) is 4.02. The highest BCUT2D eigenvalue weighted by Crippen LogP contribution is 2.32. The van der Waals surface area contributed by atoms with Crippen LogP contribution < -0.4 is 5.32 Å². The van der Waals surface area contributed by atoms with Gasteiger partial charge in [0.25, 0.3) is 0 Å². The Kier molecular flexibility index (Phi) is 5.35. The van der Waals surface area contributed by atoms with E-state index in [4.69, 9.17) is 0 Å². The van der Waals surface area contributed by atoms with Crippen molar-refractivity contribution in [2.24, 2.45) is 11.8 Å². The van der Waals surface area contributed by atoms with E-state index in [-0.39, 0.29) is 11.8 Å². The first-order valence-corrected chi connectivity index (χ1v) is 9.77. The van der Waals surface area contributed by atoms with E-state index in [0.717, 1.165) is 29.9 Å². The lowest BCUT2D eigenvalue weighted by atomic mass is 9.79. The number of nitrogens with zero attached hydrogens (tertiary/aromatic N) is 4. The molecule has 2 aromatic heterocycles. The van der Waals surface area contributed by atoms with Gasteiger partial charge in [-0.15, -0.1) is 10.2 Å². The van der Waals surface area contributed by atoms with Crippen LogP contribution in [0.5, 0.6) is 0 Å². The Labute approximate surface area is 168 Å². The lowest BCUT2D eigenvalue weighted by Crippen LogP contribution is -2.29. The van der Waals surface area contributed by atoms with Crippen molar-refractivity contribution in [1.29, 1.82) is 0 Å². The van der Waals surface area contributed by atoms with Gasteiger partial charge in [-0.2, -0.15) is 5.21 Å². The number of aliphatic carboxylic acids is 1. The van der Waals surface area contributed by atoms with Crippen molar-refractivity contribution in [2.75, 3.05) is 0 Å². The van der Waals surface area contributed by atoms with E-state index >= 15 is 0 Å². The predicted octanol–water partition coefficient (Wildman–Crippen LogP) is 2.55. The van der Waals surface area contributed by atoms with Crippen LogP contribution in [0, 0.1) is 11.8 Å². The normalized spacial score (nSPS) is 15.3. The van der Waals surface area contributed by atoms with Gasteiger partial charge >= 0.3 is 5.97 Å². The van der Waals surface area contributed by atoms with Crippen molar-refractivity contribution in [3.8, 4) is 11.3 Å². The molecule has 3 N–H and O–H groups in total. The highest BCUT2D eigenvalue weighted by atomic mass is 16.4. The van der Waals surface area contributed by atoms with Crippen molar-refractivity contribution < 1.29 is 9.90 Å². The third-order valence-corrected chi connectivity index (χ3v) is 5.54. The van der Waals surface area contributed by atoms with Gasteiger partial charge in [0.2, 0.25) is 0 Å². The van der Waals surface area contributed by atoms with E-state index in [9.17, 15) is 9.90 Å². The van der Waals surface area contributed by atoms with Crippen molar-refractivity contribution >= 4 is 5.97 Å². The van der Waals surface area contributed by atoms with Gasteiger partial charge in [0.15, 0.2) is 5.82 Å². The number of aromatic nitrogens is 5. The molecule has 0 radical (unpaired) electrons. The number of nitrogens with one attached hydrogen (secondary N) is 2. The number of pyridine rings is 1. The summed E-state index contributed by atoms with van der Waals surface area (Å²) in [5, 5.41) is 27.3. The smallest absolute Gasteiger partial charge is 0.307 e. The fourth-order valence-corrected chi connectivity index (χ4v) is 4.05. The van der Waals surface area contributed by atoms with Crippen LogP contribution in [0.25, 0.3) is 11.3 Å². The maximum absolute atomic E-state index is 11.9. The van der Waals surface area contributed by atoms with Gasteiger partial charge in [-0.1, -0.05) is 37.3 Å². The molecule has 0 fully saturated rings. The van der Waals surface area contributed by atoms with E-state index in [2.05, 4.69) is 49.1 Å². The van der Waals surface area contributed by atoms with Crippen LogP contribution in [0.1, 0.15) is 42.3 Å². The molecule has 29 heavy (non-hydrogen) atoms. The molecule has 1 aromatic carbocycles. The molecule has 0 spiro atoms. The molecule has 0 saturated heterocycles. The largest absolute Gasteiger partial charge is 0.481 e. The van der Waals surface area contributed by atoms with E-state index in [1.807, 2.05) is 32.2 Å². The zero-order valence-corrected chi connectivity index (χ0v) is 16.5. The number of benzene rings is 1. The number of aromatic amines is 1. The molecular weight excluding hydrogens is 368 g/mol. The summed E-state index contributed by atoms with van der Waals surface area (Å²) in [6.45, 7) is 5.60. The summed E-state index contributed by atoms with van der Waals surface area (Å²) in [7, 11) is 0. The van der Waals surface area contributed by atoms with Crippen LogP contribution in [0.15, 0.2) is 36.5 Å². The molecule has 3 heterocycles. The Morgan fingerprint density at radius 2 is 2.00 bits per heavy atom. The summed E-state index contributed by atoms with van der Waals surface area (Å²) in [5.74, 6) is -1.50. The van der Waals surface area contributed by atoms with Crippen LogP contribution in [-0.2, 0) is 24.3 Å². The van der Waals surface area contributed by atoms with Crippen LogP contribution >= 0.6 is 0 Å². The fraction of sp³-hybridized carbons (Fsp3) is 0.381. The quantitative estimate of drug-likeness (QED) is 0.566. The molecule has 0 aliphatic carbocycles. The van der Waals surface area contributed by atoms with Crippen LogP contribution in [-0.4, -0.2) is 36.7 Å². The Hall–Kier alpha value is -3.13. The minimum absolute atomic E-state index is 0.0664. The summed E-state index contributed by atoms with van der Waals surface area (Å²) in [6, 6.07) is 10.4. The third-order valence-electron chi connectivity index (χ3n) is 5.54.